The van der Waals surface area contributed by atoms with E-state index in [-0.39, 0.29) is 17.6 Å². The van der Waals surface area contributed by atoms with Gasteiger partial charge >= 0.3 is 0 Å². The summed E-state index contributed by atoms with van der Waals surface area (Å²) in [5.74, 6) is -0.0658. The van der Waals surface area contributed by atoms with Gasteiger partial charge in [0.15, 0.2) is 11.6 Å². The number of benzene rings is 1. The number of hydrogen-bond acceptors (Lipinski definition) is 3. The minimum Gasteiger partial charge on any atom is -0.486 e. The molecule has 1 aliphatic heterocycles. The summed E-state index contributed by atoms with van der Waals surface area (Å²) in [5.41, 5.74) is 0.710. The molecule has 0 fully saturated rings. The topological polar surface area (TPSA) is 36.3 Å². The van der Waals surface area contributed by atoms with Crippen molar-refractivity contribution < 1.29 is 9.13 Å². The van der Waals surface area contributed by atoms with Crippen LogP contribution in [0.5, 0.6) is 5.75 Å². The Bertz CT molecular complexity index is 414. The Morgan fingerprint density at radius 3 is 3.20 bits per heavy atom. The molecule has 0 aromatic heterocycles. The summed E-state index contributed by atoms with van der Waals surface area (Å²) in [4.78, 5) is 1.89. The summed E-state index contributed by atoms with van der Waals surface area (Å²) in [6.07, 6.45) is 0.381. The lowest BCUT2D eigenvalue weighted by Gasteiger charge is -2.34. The molecule has 0 bridgehead atoms. The first-order valence-corrected chi connectivity index (χ1v) is 4.75. The van der Waals surface area contributed by atoms with E-state index in [2.05, 4.69) is 6.07 Å². The highest BCUT2D eigenvalue weighted by atomic mass is 19.1. The third-order valence-electron chi connectivity index (χ3n) is 2.62. The molecule has 1 unspecified atom stereocenters. The third-order valence-corrected chi connectivity index (χ3v) is 2.62. The Labute approximate surface area is 87.7 Å². The average molecular weight is 206 g/mol. The van der Waals surface area contributed by atoms with Gasteiger partial charge in [0.2, 0.25) is 0 Å². The minimum absolute atomic E-state index is 0.00398. The Hall–Kier alpha value is -1.76. The van der Waals surface area contributed by atoms with Crippen LogP contribution in [0.1, 0.15) is 6.42 Å². The van der Waals surface area contributed by atoms with Crippen LogP contribution in [0, 0.1) is 17.1 Å². The summed E-state index contributed by atoms with van der Waals surface area (Å²) in [5, 5.41) is 8.63. The second-order valence-electron chi connectivity index (χ2n) is 3.53. The molecule has 0 amide bonds. The molecule has 0 spiro atoms. The van der Waals surface area contributed by atoms with E-state index < -0.39 is 0 Å². The highest BCUT2D eigenvalue weighted by molar-refractivity contribution is 5.60. The van der Waals surface area contributed by atoms with E-state index in [0.717, 1.165) is 0 Å². The van der Waals surface area contributed by atoms with Crippen molar-refractivity contribution in [3.8, 4) is 11.8 Å². The number of anilines is 1. The maximum absolute atomic E-state index is 13.3. The molecule has 0 saturated heterocycles. The maximum Gasteiger partial charge on any atom is 0.178 e. The quantitative estimate of drug-likeness (QED) is 0.704. The van der Waals surface area contributed by atoms with Gasteiger partial charge in [-0.05, 0) is 12.1 Å². The van der Waals surface area contributed by atoms with E-state index in [0.29, 0.717) is 18.7 Å². The minimum atomic E-state index is -0.352. The zero-order valence-electron chi connectivity index (χ0n) is 8.40. The molecule has 1 aromatic rings. The van der Waals surface area contributed by atoms with E-state index in [1.807, 2.05) is 11.9 Å². The molecule has 1 atom stereocenters. The molecule has 1 heterocycles. The molecule has 4 heteroatoms. The number of hydrogen-bond donors (Lipinski definition) is 0. The van der Waals surface area contributed by atoms with Crippen LogP contribution in [0.15, 0.2) is 18.2 Å². The molecule has 1 aromatic carbocycles. The number of para-hydroxylation sites is 1. The molecular weight excluding hydrogens is 195 g/mol. The summed E-state index contributed by atoms with van der Waals surface area (Å²) >= 11 is 0. The van der Waals surface area contributed by atoms with E-state index in [9.17, 15) is 4.39 Å². The molecule has 15 heavy (non-hydrogen) atoms. The number of halogens is 1. The van der Waals surface area contributed by atoms with E-state index in [4.69, 9.17) is 10.00 Å². The van der Waals surface area contributed by atoms with Crippen LogP contribution in [-0.2, 0) is 0 Å². The van der Waals surface area contributed by atoms with Crippen molar-refractivity contribution in [2.24, 2.45) is 0 Å². The van der Waals surface area contributed by atoms with Gasteiger partial charge in [-0.15, -0.1) is 0 Å². The van der Waals surface area contributed by atoms with Gasteiger partial charge in [0, 0.05) is 7.05 Å². The second-order valence-corrected chi connectivity index (χ2v) is 3.53. The van der Waals surface area contributed by atoms with Crippen LogP contribution in [0.2, 0.25) is 0 Å². The number of nitriles is 1. The lowest BCUT2D eigenvalue weighted by atomic mass is 10.1. The molecule has 78 valence electrons. The van der Waals surface area contributed by atoms with Gasteiger partial charge in [-0.2, -0.15) is 5.26 Å². The number of ether oxygens (including phenoxy) is 1. The SMILES string of the molecule is CN1c2cccc(F)c2OCC1CC#N. The molecule has 0 aliphatic carbocycles. The largest absolute Gasteiger partial charge is 0.486 e. The number of fused-ring (bicyclic) bond motifs is 1. The number of rotatable bonds is 1. The fourth-order valence-corrected chi connectivity index (χ4v) is 1.71. The van der Waals surface area contributed by atoms with Crippen molar-refractivity contribution in [3.05, 3.63) is 24.0 Å². The van der Waals surface area contributed by atoms with E-state index in [1.165, 1.54) is 6.07 Å². The van der Waals surface area contributed by atoms with Gasteiger partial charge < -0.3 is 9.64 Å². The van der Waals surface area contributed by atoms with Crippen LogP contribution in [0.3, 0.4) is 0 Å². The van der Waals surface area contributed by atoms with Gasteiger partial charge in [0.05, 0.1) is 24.2 Å². The van der Waals surface area contributed by atoms with Gasteiger partial charge in [-0.3, -0.25) is 0 Å². The standard InChI is InChI=1S/C11H11FN2O/c1-14-8(5-6-13)7-15-11-9(12)3-2-4-10(11)14/h2-4,8H,5,7H2,1H3. The van der Waals surface area contributed by atoms with Crippen LogP contribution in [-0.4, -0.2) is 19.7 Å². The predicted octanol–water partition coefficient (Wildman–Crippen LogP) is 1.94. The van der Waals surface area contributed by atoms with Crippen molar-refractivity contribution in [2.45, 2.75) is 12.5 Å². The highest BCUT2D eigenvalue weighted by Gasteiger charge is 2.26. The Morgan fingerprint density at radius 1 is 1.67 bits per heavy atom. The molecule has 2 rings (SSSR count). The van der Waals surface area contributed by atoms with Crippen LogP contribution in [0.4, 0.5) is 10.1 Å². The van der Waals surface area contributed by atoms with Gasteiger partial charge in [-0.1, -0.05) is 6.07 Å². The molecule has 1 aliphatic rings. The van der Waals surface area contributed by atoms with Gasteiger partial charge in [0.25, 0.3) is 0 Å². The first kappa shape index (κ1) is 9.78. The molecule has 3 nitrogen and oxygen atoms in total. The number of likely N-dealkylation sites (N-methyl/N-ethyl adjacent to an activating group) is 1. The fourth-order valence-electron chi connectivity index (χ4n) is 1.71. The summed E-state index contributed by atoms with van der Waals surface area (Å²) < 4.78 is 18.7. The van der Waals surface area contributed by atoms with Crippen molar-refractivity contribution in [3.63, 3.8) is 0 Å². The summed E-state index contributed by atoms with van der Waals surface area (Å²) in [7, 11) is 1.85. The average Bonchev–Trinajstić information content (AvgIpc) is 2.23. The van der Waals surface area contributed by atoms with E-state index >= 15 is 0 Å². The summed E-state index contributed by atoms with van der Waals surface area (Å²) in [6.45, 7) is 0.359. The molecule has 0 N–H and O–H groups in total. The smallest absolute Gasteiger partial charge is 0.178 e. The highest BCUT2D eigenvalue weighted by Crippen LogP contribution is 2.35. The lowest BCUT2D eigenvalue weighted by Crippen LogP contribution is -2.40. The summed E-state index contributed by atoms with van der Waals surface area (Å²) in [6, 6.07) is 6.91. The Morgan fingerprint density at radius 2 is 2.47 bits per heavy atom. The fraction of sp³-hybridized carbons (Fsp3) is 0.364. The molecular formula is C11H11FN2O. The lowest BCUT2D eigenvalue weighted by molar-refractivity contribution is 0.255. The predicted molar refractivity (Wildman–Crippen MR) is 54.3 cm³/mol. The van der Waals surface area contributed by atoms with Crippen LogP contribution in [0.25, 0.3) is 0 Å². The first-order chi connectivity index (χ1) is 7.24. The van der Waals surface area contributed by atoms with Crippen LogP contribution >= 0.6 is 0 Å². The maximum atomic E-state index is 13.3. The third kappa shape index (κ3) is 1.61. The second kappa shape index (κ2) is 3.77. The van der Waals surface area contributed by atoms with Gasteiger partial charge in [-0.25, -0.2) is 4.39 Å². The van der Waals surface area contributed by atoms with Gasteiger partial charge in [0.1, 0.15) is 6.61 Å². The van der Waals surface area contributed by atoms with E-state index in [1.54, 1.807) is 12.1 Å². The molecule has 0 saturated carbocycles. The monoisotopic (exact) mass is 206 g/mol. The zero-order valence-corrected chi connectivity index (χ0v) is 8.40. The zero-order chi connectivity index (χ0) is 10.8. The normalized spacial score (nSPS) is 19.0. The van der Waals surface area contributed by atoms with Crippen LogP contribution < -0.4 is 9.64 Å². The van der Waals surface area contributed by atoms with Crippen molar-refractivity contribution >= 4 is 5.69 Å². The Kier molecular flexibility index (Phi) is 2.46. The van der Waals surface area contributed by atoms with Crippen molar-refractivity contribution in [1.29, 1.82) is 5.26 Å². The molecule has 0 radical (unpaired) electrons. The first-order valence-electron chi connectivity index (χ1n) is 4.75. The van der Waals surface area contributed by atoms with Crippen molar-refractivity contribution in [1.82, 2.24) is 0 Å². The Balaban J connectivity index is 2.35. The van der Waals surface area contributed by atoms with Crippen molar-refractivity contribution in [2.75, 3.05) is 18.6 Å². The number of nitrogens with zero attached hydrogens (tertiary/aromatic N) is 2.